The topological polar surface area (TPSA) is 37.8 Å². The molecule has 1 aromatic rings. The first-order valence-corrected chi connectivity index (χ1v) is 8.04. The van der Waals surface area contributed by atoms with Gasteiger partial charge in [-0.15, -0.1) is 0 Å². The molecule has 1 N–H and O–H groups in total. The van der Waals surface area contributed by atoms with Crippen molar-refractivity contribution in [1.82, 2.24) is 9.97 Å². The number of nitrogens with one attached hydrogen (secondary N) is 1. The molecule has 0 radical (unpaired) electrons. The Bertz CT molecular complexity index is 358. The van der Waals surface area contributed by atoms with Crippen LogP contribution in [0.4, 0.5) is 5.82 Å². The minimum Gasteiger partial charge on any atom is -0.369 e. The van der Waals surface area contributed by atoms with E-state index in [2.05, 4.69) is 52.0 Å². The van der Waals surface area contributed by atoms with Gasteiger partial charge in [-0.25, -0.2) is 9.97 Å². The van der Waals surface area contributed by atoms with Gasteiger partial charge in [0, 0.05) is 6.54 Å². The molecule has 1 aromatic heterocycles. The zero-order valence-corrected chi connectivity index (χ0v) is 13.1. The first-order chi connectivity index (χ1) is 8.22. The van der Waals surface area contributed by atoms with Crippen LogP contribution in [0, 0.1) is 0 Å². The summed E-state index contributed by atoms with van der Waals surface area (Å²) >= 11 is 5.45. The first kappa shape index (κ1) is 14.8. The van der Waals surface area contributed by atoms with Crippen molar-refractivity contribution < 1.29 is 0 Å². The molecule has 1 heterocycles. The number of aryl methyl sites for hydroxylation is 1. The largest absolute Gasteiger partial charge is 0.369 e. The maximum Gasteiger partial charge on any atom is 0.144 e. The van der Waals surface area contributed by atoms with Crippen molar-refractivity contribution in [2.24, 2.45) is 0 Å². The van der Waals surface area contributed by atoms with Crippen molar-refractivity contribution in [1.29, 1.82) is 0 Å². The van der Waals surface area contributed by atoms with Gasteiger partial charge < -0.3 is 5.32 Å². The third-order valence-corrected chi connectivity index (χ3v) is 4.22. The monoisotopic (exact) mass is 317 g/mol. The molecular weight excluding hydrogens is 298 g/mol. The van der Waals surface area contributed by atoms with E-state index >= 15 is 0 Å². The molecule has 17 heavy (non-hydrogen) atoms. The van der Waals surface area contributed by atoms with Crippen LogP contribution in [-0.4, -0.2) is 22.3 Å². The summed E-state index contributed by atoms with van der Waals surface area (Å²) in [5, 5.41) is 3.27. The van der Waals surface area contributed by atoms with Crippen molar-refractivity contribution in [2.75, 3.05) is 17.6 Å². The number of hydrogen-bond acceptors (Lipinski definition) is 4. The van der Waals surface area contributed by atoms with Gasteiger partial charge in [0.05, 0.1) is 15.9 Å². The van der Waals surface area contributed by atoms with Crippen LogP contribution in [0.25, 0.3) is 0 Å². The van der Waals surface area contributed by atoms with Crippen molar-refractivity contribution in [3.05, 3.63) is 16.0 Å². The van der Waals surface area contributed by atoms with E-state index in [1.165, 1.54) is 6.42 Å². The van der Waals surface area contributed by atoms with Gasteiger partial charge in [0.25, 0.3) is 0 Å². The summed E-state index contributed by atoms with van der Waals surface area (Å²) in [4.78, 5) is 9.14. The first-order valence-electron chi connectivity index (χ1n) is 6.09. The van der Waals surface area contributed by atoms with Gasteiger partial charge in [0.2, 0.25) is 0 Å². The molecule has 0 fully saturated rings. The lowest BCUT2D eigenvalue weighted by Crippen LogP contribution is -2.07. The lowest BCUT2D eigenvalue weighted by molar-refractivity contribution is 0.923. The van der Waals surface area contributed by atoms with E-state index in [4.69, 9.17) is 0 Å². The van der Waals surface area contributed by atoms with Crippen LogP contribution >= 0.6 is 27.7 Å². The Morgan fingerprint density at radius 2 is 2.00 bits per heavy atom. The molecule has 0 saturated carbocycles. The zero-order chi connectivity index (χ0) is 12.7. The molecule has 0 amide bonds. The number of hydrogen-bond donors (Lipinski definition) is 1. The average Bonchev–Trinajstić information content (AvgIpc) is 2.33. The highest BCUT2D eigenvalue weighted by molar-refractivity contribution is 9.10. The predicted molar refractivity (Wildman–Crippen MR) is 79.7 cm³/mol. The normalized spacial score (nSPS) is 10.6. The second kappa shape index (κ2) is 7.93. The maximum atomic E-state index is 4.59. The van der Waals surface area contributed by atoms with Crippen molar-refractivity contribution in [3.8, 4) is 0 Å². The van der Waals surface area contributed by atoms with Crippen LogP contribution in [0.5, 0.6) is 0 Å². The Kier molecular flexibility index (Phi) is 6.89. The Hall–Kier alpha value is -0.290. The van der Waals surface area contributed by atoms with Gasteiger partial charge in [-0.1, -0.05) is 13.8 Å². The zero-order valence-electron chi connectivity index (χ0n) is 10.7. The predicted octanol–water partition coefficient (Wildman–Crippen LogP) is 3.88. The Morgan fingerprint density at radius 3 is 2.59 bits per heavy atom. The third kappa shape index (κ3) is 4.47. The van der Waals surface area contributed by atoms with Gasteiger partial charge in [-0.3, -0.25) is 0 Å². The molecule has 0 aliphatic rings. The van der Waals surface area contributed by atoms with Gasteiger partial charge in [0.15, 0.2) is 0 Å². The van der Waals surface area contributed by atoms with Crippen molar-refractivity contribution >= 4 is 33.5 Å². The minimum absolute atomic E-state index is 0.875. The SMILES string of the molecule is CCCSCc1nc(CC)c(Br)c(NCC)n1. The number of thioether (sulfide) groups is 1. The van der Waals surface area contributed by atoms with Crippen LogP contribution < -0.4 is 5.32 Å². The highest BCUT2D eigenvalue weighted by Crippen LogP contribution is 2.25. The summed E-state index contributed by atoms with van der Waals surface area (Å²) in [5.41, 5.74) is 1.09. The fraction of sp³-hybridized carbons (Fsp3) is 0.667. The molecule has 0 unspecified atom stereocenters. The maximum absolute atomic E-state index is 4.59. The molecule has 0 aromatic carbocycles. The van der Waals surface area contributed by atoms with E-state index in [0.29, 0.717) is 0 Å². The van der Waals surface area contributed by atoms with E-state index in [-0.39, 0.29) is 0 Å². The molecule has 0 aliphatic heterocycles. The summed E-state index contributed by atoms with van der Waals surface area (Å²) in [6.07, 6.45) is 2.12. The van der Waals surface area contributed by atoms with Gasteiger partial charge in [-0.2, -0.15) is 11.8 Å². The lowest BCUT2D eigenvalue weighted by Gasteiger charge is -2.11. The Balaban J connectivity index is 2.86. The van der Waals surface area contributed by atoms with Crippen LogP contribution in [0.3, 0.4) is 0 Å². The Labute approximate surface area is 116 Å². The molecule has 1 rings (SSSR count). The fourth-order valence-electron chi connectivity index (χ4n) is 1.44. The van der Waals surface area contributed by atoms with E-state index in [9.17, 15) is 0 Å². The van der Waals surface area contributed by atoms with Gasteiger partial charge in [0.1, 0.15) is 11.6 Å². The molecule has 0 bridgehead atoms. The molecule has 0 aliphatic carbocycles. The molecule has 96 valence electrons. The summed E-state index contributed by atoms with van der Waals surface area (Å²) in [6, 6.07) is 0. The Morgan fingerprint density at radius 1 is 1.24 bits per heavy atom. The summed E-state index contributed by atoms with van der Waals surface area (Å²) in [5.74, 6) is 3.91. The van der Waals surface area contributed by atoms with Gasteiger partial charge >= 0.3 is 0 Å². The number of aromatic nitrogens is 2. The van der Waals surface area contributed by atoms with E-state index in [1.807, 2.05) is 11.8 Å². The van der Waals surface area contributed by atoms with Crippen LogP contribution in [0.1, 0.15) is 38.7 Å². The second-order valence-electron chi connectivity index (χ2n) is 3.69. The molecule has 0 atom stereocenters. The van der Waals surface area contributed by atoms with Crippen LogP contribution in [0.2, 0.25) is 0 Å². The van der Waals surface area contributed by atoms with Crippen molar-refractivity contribution in [2.45, 2.75) is 39.4 Å². The van der Waals surface area contributed by atoms with E-state index < -0.39 is 0 Å². The summed E-state index contributed by atoms with van der Waals surface area (Å²) < 4.78 is 1.01. The van der Waals surface area contributed by atoms with E-state index in [1.54, 1.807) is 0 Å². The number of halogens is 1. The fourth-order valence-corrected chi connectivity index (χ4v) is 2.78. The number of rotatable bonds is 7. The molecule has 0 saturated heterocycles. The lowest BCUT2D eigenvalue weighted by atomic mass is 10.3. The number of nitrogens with zero attached hydrogens (tertiary/aromatic N) is 2. The highest BCUT2D eigenvalue weighted by atomic mass is 79.9. The molecular formula is C12H20BrN3S. The van der Waals surface area contributed by atoms with Gasteiger partial charge in [-0.05, 0) is 41.4 Å². The quantitative estimate of drug-likeness (QED) is 0.774. The average molecular weight is 318 g/mol. The van der Waals surface area contributed by atoms with E-state index in [0.717, 1.165) is 46.3 Å². The van der Waals surface area contributed by atoms with Crippen LogP contribution in [0.15, 0.2) is 4.47 Å². The standard InChI is InChI=1S/C12H20BrN3S/c1-4-7-17-8-10-15-9(5-2)11(13)12(16-10)14-6-3/h4-8H2,1-3H3,(H,14,15,16). The third-order valence-electron chi connectivity index (χ3n) is 2.22. The van der Waals surface area contributed by atoms with Crippen molar-refractivity contribution in [3.63, 3.8) is 0 Å². The minimum atomic E-state index is 0.875. The highest BCUT2D eigenvalue weighted by Gasteiger charge is 2.10. The molecule has 0 spiro atoms. The second-order valence-corrected chi connectivity index (χ2v) is 5.58. The van der Waals surface area contributed by atoms with Crippen LogP contribution in [-0.2, 0) is 12.2 Å². The summed E-state index contributed by atoms with van der Waals surface area (Å²) in [6.45, 7) is 7.26. The summed E-state index contributed by atoms with van der Waals surface area (Å²) in [7, 11) is 0. The molecule has 3 nitrogen and oxygen atoms in total. The smallest absolute Gasteiger partial charge is 0.144 e. The molecule has 5 heteroatoms. The number of anilines is 1.